The van der Waals surface area contributed by atoms with E-state index in [0.717, 1.165) is 32.1 Å². The fourth-order valence-electron chi connectivity index (χ4n) is 2.95. The van der Waals surface area contributed by atoms with Crippen molar-refractivity contribution in [3.8, 4) is 0 Å². The highest BCUT2D eigenvalue weighted by molar-refractivity contribution is 5.78. The number of aliphatic imine (C=N–C) groups is 1. The Morgan fingerprint density at radius 2 is 1.83 bits per heavy atom. The lowest BCUT2D eigenvalue weighted by molar-refractivity contribution is 0.136. The Bertz CT molecular complexity index is 276. The standard InChI is InChI=1S/C14H28N4/c1-3-12(2)17-8-10-18(11-9-17)14(15)16-13-6-4-5-7-13/h12-13H,3-11H2,1-2H3,(H2,15,16). The minimum absolute atomic E-state index is 0.498. The maximum absolute atomic E-state index is 6.14. The van der Waals surface area contributed by atoms with Crippen molar-refractivity contribution >= 4 is 5.96 Å². The molecule has 0 bridgehead atoms. The molecule has 104 valence electrons. The molecule has 0 aromatic carbocycles. The monoisotopic (exact) mass is 252 g/mol. The number of guanidine groups is 1. The van der Waals surface area contributed by atoms with Gasteiger partial charge in [0.15, 0.2) is 5.96 Å². The molecule has 1 saturated carbocycles. The molecule has 0 aromatic rings. The zero-order chi connectivity index (χ0) is 13.0. The molecule has 0 aromatic heterocycles. The zero-order valence-corrected chi connectivity index (χ0v) is 11.9. The molecule has 1 unspecified atom stereocenters. The van der Waals surface area contributed by atoms with Crippen LogP contribution in [-0.4, -0.2) is 54.0 Å². The molecule has 1 aliphatic carbocycles. The summed E-state index contributed by atoms with van der Waals surface area (Å²) in [4.78, 5) is 9.51. The maximum atomic E-state index is 6.14. The van der Waals surface area contributed by atoms with E-state index < -0.39 is 0 Å². The number of hydrogen-bond acceptors (Lipinski definition) is 2. The molecular weight excluding hydrogens is 224 g/mol. The van der Waals surface area contributed by atoms with Gasteiger partial charge in [-0.25, -0.2) is 4.99 Å². The lowest BCUT2D eigenvalue weighted by Gasteiger charge is -2.38. The van der Waals surface area contributed by atoms with Crippen LogP contribution in [0.3, 0.4) is 0 Å². The topological polar surface area (TPSA) is 44.9 Å². The minimum atomic E-state index is 0.498. The second-order valence-electron chi connectivity index (χ2n) is 5.71. The summed E-state index contributed by atoms with van der Waals surface area (Å²) in [6, 6.07) is 1.19. The lowest BCUT2D eigenvalue weighted by Crippen LogP contribution is -2.53. The van der Waals surface area contributed by atoms with Gasteiger partial charge in [-0.15, -0.1) is 0 Å². The van der Waals surface area contributed by atoms with Crippen molar-refractivity contribution in [2.24, 2.45) is 10.7 Å². The number of hydrogen-bond donors (Lipinski definition) is 1. The van der Waals surface area contributed by atoms with E-state index in [1.807, 2.05) is 0 Å². The van der Waals surface area contributed by atoms with E-state index in [4.69, 9.17) is 10.7 Å². The van der Waals surface area contributed by atoms with E-state index >= 15 is 0 Å². The number of nitrogens with two attached hydrogens (primary N) is 1. The fourth-order valence-corrected chi connectivity index (χ4v) is 2.95. The van der Waals surface area contributed by atoms with Crippen LogP contribution in [0, 0.1) is 0 Å². The highest BCUT2D eigenvalue weighted by Crippen LogP contribution is 2.21. The first-order valence-corrected chi connectivity index (χ1v) is 7.53. The third-order valence-electron chi connectivity index (χ3n) is 4.49. The lowest BCUT2D eigenvalue weighted by atomic mass is 10.2. The summed E-state index contributed by atoms with van der Waals surface area (Å²) in [6.45, 7) is 8.88. The van der Waals surface area contributed by atoms with E-state index in [9.17, 15) is 0 Å². The molecule has 1 aliphatic heterocycles. The third kappa shape index (κ3) is 3.37. The van der Waals surface area contributed by atoms with Crippen molar-refractivity contribution in [1.29, 1.82) is 0 Å². The number of piperazine rings is 1. The first kappa shape index (κ1) is 13.7. The van der Waals surface area contributed by atoms with Crippen LogP contribution < -0.4 is 5.73 Å². The molecule has 2 aliphatic rings. The van der Waals surface area contributed by atoms with Crippen LogP contribution in [0.25, 0.3) is 0 Å². The highest BCUT2D eigenvalue weighted by atomic mass is 15.3. The summed E-state index contributed by atoms with van der Waals surface area (Å²) in [6.07, 6.45) is 6.33. The SMILES string of the molecule is CCC(C)N1CCN(C(N)=NC2CCCC2)CC1. The average molecular weight is 252 g/mol. The molecule has 18 heavy (non-hydrogen) atoms. The zero-order valence-electron chi connectivity index (χ0n) is 11.9. The summed E-state index contributed by atoms with van der Waals surface area (Å²) >= 11 is 0. The van der Waals surface area contributed by atoms with Crippen LogP contribution in [0.4, 0.5) is 0 Å². The van der Waals surface area contributed by atoms with E-state index in [-0.39, 0.29) is 0 Å². The number of rotatable bonds is 3. The normalized spacial score (nSPS) is 25.7. The summed E-state index contributed by atoms with van der Waals surface area (Å²) in [5, 5.41) is 0. The van der Waals surface area contributed by atoms with Gasteiger partial charge in [0.05, 0.1) is 6.04 Å². The molecule has 2 rings (SSSR count). The van der Waals surface area contributed by atoms with Crippen molar-refractivity contribution in [1.82, 2.24) is 9.80 Å². The second-order valence-corrected chi connectivity index (χ2v) is 5.71. The fraction of sp³-hybridized carbons (Fsp3) is 0.929. The summed E-state index contributed by atoms with van der Waals surface area (Å²) in [7, 11) is 0. The molecule has 4 heteroatoms. The minimum Gasteiger partial charge on any atom is -0.370 e. The van der Waals surface area contributed by atoms with Gasteiger partial charge in [0.1, 0.15) is 0 Å². The molecule has 2 N–H and O–H groups in total. The van der Waals surface area contributed by atoms with E-state index in [1.54, 1.807) is 0 Å². The summed E-state index contributed by atoms with van der Waals surface area (Å²) < 4.78 is 0. The van der Waals surface area contributed by atoms with Crippen molar-refractivity contribution in [2.75, 3.05) is 26.2 Å². The molecule has 0 amide bonds. The molecule has 4 nitrogen and oxygen atoms in total. The highest BCUT2D eigenvalue weighted by Gasteiger charge is 2.22. The Kier molecular flexibility index (Phi) is 4.87. The third-order valence-corrected chi connectivity index (χ3v) is 4.49. The maximum Gasteiger partial charge on any atom is 0.191 e. The van der Waals surface area contributed by atoms with Crippen LogP contribution in [0.5, 0.6) is 0 Å². The van der Waals surface area contributed by atoms with Gasteiger partial charge < -0.3 is 10.6 Å². The van der Waals surface area contributed by atoms with E-state index in [0.29, 0.717) is 12.1 Å². The van der Waals surface area contributed by atoms with Crippen molar-refractivity contribution < 1.29 is 0 Å². The Balaban J connectivity index is 1.81. The Hall–Kier alpha value is -0.770. The Labute approximate surface area is 111 Å². The van der Waals surface area contributed by atoms with Crippen molar-refractivity contribution in [3.05, 3.63) is 0 Å². The van der Waals surface area contributed by atoms with E-state index in [2.05, 4.69) is 23.6 Å². The quantitative estimate of drug-likeness (QED) is 0.614. The van der Waals surface area contributed by atoms with Crippen molar-refractivity contribution in [3.63, 3.8) is 0 Å². The van der Waals surface area contributed by atoms with Crippen molar-refractivity contribution in [2.45, 2.75) is 58.0 Å². The molecule has 2 fully saturated rings. The van der Waals surface area contributed by atoms with E-state index in [1.165, 1.54) is 32.1 Å². The van der Waals surface area contributed by atoms with Gasteiger partial charge in [-0.1, -0.05) is 19.8 Å². The second kappa shape index (κ2) is 6.41. The Morgan fingerprint density at radius 3 is 2.39 bits per heavy atom. The van der Waals surface area contributed by atoms with Gasteiger partial charge in [0, 0.05) is 32.2 Å². The molecule has 1 atom stereocenters. The summed E-state index contributed by atoms with van der Waals surface area (Å²) in [5.74, 6) is 0.783. The predicted molar refractivity (Wildman–Crippen MR) is 76.8 cm³/mol. The molecule has 1 saturated heterocycles. The van der Waals surface area contributed by atoms with Crippen LogP contribution in [-0.2, 0) is 0 Å². The average Bonchev–Trinajstić information content (AvgIpc) is 2.91. The van der Waals surface area contributed by atoms with Gasteiger partial charge in [0.25, 0.3) is 0 Å². The van der Waals surface area contributed by atoms with Crippen LogP contribution >= 0.6 is 0 Å². The largest absolute Gasteiger partial charge is 0.370 e. The van der Waals surface area contributed by atoms with Gasteiger partial charge in [-0.2, -0.15) is 0 Å². The number of nitrogens with zero attached hydrogens (tertiary/aromatic N) is 3. The van der Waals surface area contributed by atoms with Gasteiger partial charge in [-0.3, -0.25) is 4.90 Å². The van der Waals surface area contributed by atoms with Crippen LogP contribution in [0.1, 0.15) is 46.0 Å². The Morgan fingerprint density at radius 1 is 1.22 bits per heavy atom. The summed E-state index contributed by atoms with van der Waals surface area (Å²) in [5.41, 5.74) is 6.14. The first-order valence-electron chi connectivity index (χ1n) is 7.53. The molecule has 0 radical (unpaired) electrons. The molecule has 1 heterocycles. The smallest absolute Gasteiger partial charge is 0.191 e. The van der Waals surface area contributed by atoms with Gasteiger partial charge in [0.2, 0.25) is 0 Å². The van der Waals surface area contributed by atoms with Gasteiger partial charge >= 0.3 is 0 Å². The predicted octanol–water partition coefficient (Wildman–Crippen LogP) is 1.66. The van der Waals surface area contributed by atoms with Gasteiger partial charge in [-0.05, 0) is 26.2 Å². The first-order chi connectivity index (χ1) is 8.70. The van der Waals surface area contributed by atoms with Crippen LogP contribution in [0.2, 0.25) is 0 Å². The molecular formula is C14H28N4. The van der Waals surface area contributed by atoms with Crippen LogP contribution in [0.15, 0.2) is 4.99 Å². The molecule has 0 spiro atoms.